The molecule has 22 heavy (non-hydrogen) atoms. The predicted octanol–water partition coefficient (Wildman–Crippen LogP) is 1.87. The Morgan fingerprint density at radius 3 is 2.64 bits per heavy atom. The van der Waals surface area contributed by atoms with Gasteiger partial charge in [0.25, 0.3) is 0 Å². The van der Waals surface area contributed by atoms with Crippen LogP contribution in [0, 0.1) is 0 Å². The Morgan fingerprint density at radius 2 is 1.91 bits per heavy atom. The van der Waals surface area contributed by atoms with Crippen LogP contribution < -0.4 is 5.32 Å². The quantitative estimate of drug-likeness (QED) is 0.598. The van der Waals surface area contributed by atoms with E-state index < -0.39 is 0 Å². The van der Waals surface area contributed by atoms with Gasteiger partial charge in [-0.3, -0.25) is 9.59 Å². The Balaban J connectivity index is 1.98. The van der Waals surface area contributed by atoms with Crippen LogP contribution in [0.1, 0.15) is 22.5 Å². The van der Waals surface area contributed by atoms with Crippen LogP contribution in [-0.2, 0) is 16.1 Å². The zero-order valence-electron chi connectivity index (χ0n) is 12.6. The lowest BCUT2D eigenvalue weighted by Gasteiger charge is -2.09. The number of hydrogen-bond donors (Lipinski definition) is 1. The fraction of sp³-hybridized carbons (Fsp3) is 0.294. The number of carbonyl (C=O) groups is 2. The number of methoxy groups -OCH3 is 1. The molecule has 2 rings (SSSR count). The molecule has 0 radical (unpaired) electrons. The molecule has 0 unspecified atom stereocenters. The Labute approximate surface area is 129 Å². The summed E-state index contributed by atoms with van der Waals surface area (Å²) in [6.45, 7) is 1.31. The third-order valence-electron chi connectivity index (χ3n) is 3.26. The van der Waals surface area contributed by atoms with E-state index in [1.165, 1.54) is 0 Å². The van der Waals surface area contributed by atoms with Crippen molar-refractivity contribution in [3.05, 3.63) is 59.9 Å². The summed E-state index contributed by atoms with van der Waals surface area (Å²) < 4.78 is 6.60. The average molecular weight is 300 g/mol. The zero-order chi connectivity index (χ0) is 15.8. The number of ether oxygens (including phenoxy) is 1. The second-order valence-electron chi connectivity index (χ2n) is 4.91. The minimum atomic E-state index is -0.116. The van der Waals surface area contributed by atoms with E-state index in [2.05, 4.69) is 5.32 Å². The number of benzene rings is 1. The van der Waals surface area contributed by atoms with Crippen molar-refractivity contribution < 1.29 is 14.3 Å². The van der Waals surface area contributed by atoms with Crippen molar-refractivity contribution in [2.24, 2.45) is 0 Å². The molecule has 0 aliphatic heterocycles. The van der Waals surface area contributed by atoms with Crippen molar-refractivity contribution >= 4 is 11.7 Å². The zero-order valence-corrected chi connectivity index (χ0v) is 12.6. The molecule has 0 spiro atoms. The van der Waals surface area contributed by atoms with Crippen molar-refractivity contribution in [1.29, 1.82) is 0 Å². The number of ketones is 1. The Kier molecular flexibility index (Phi) is 5.91. The molecule has 116 valence electrons. The maximum Gasteiger partial charge on any atom is 0.239 e. The lowest BCUT2D eigenvalue weighted by atomic mass is 10.1. The van der Waals surface area contributed by atoms with Crippen LogP contribution in [0.15, 0.2) is 48.7 Å². The predicted molar refractivity (Wildman–Crippen MR) is 83.8 cm³/mol. The van der Waals surface area contributed by atoms with E-state index in [1.54, 1.807) is 42.1 Å². The molecule has 0 bridgehead atoms. The highest BCUT2D eigenvalue weighted by Gasteiger charge is 2.14. The molecule has 2 aromatic rings. The number of amides is 1. The molecular formula is C17H20N2O3. The van der Waals surface area contributed by atoms with E-state index in [1.807, 2.05) is 18.2 Å². The van der Waals surface area contributed by atoms with Gasteiger partial charge in [0.1, 0.15) is 6.54 Å². The van der Waals surface area contributed by atoms with Gasteiger partial charge in [-0.2, -0.15) is 0 Å². The Morgan fingerprint density at radius 1 is 1.14 bits per heavy atom. The smallest absolute Gasteiger partial charge is 0.239 e. The lowest BCUT2D eigenvalue weighted by molar-refractivity contribution is -0.121. The number of rotatable bonds is 8. The third-order valence-corrected chi connectivity index (χ3v) is 3.26. The number of aromatic nitrogens is 1. The molecule has 0 atom stereocenters. The molecule has 0 saturated heterocycles. The summed E-state index contributed by atoms with van der Waals surface area (Å²) in [5.41, 5.74) is 1.13. The summed E-state index contributed by atoms with van der Waals surface area (Å²) >= 11 is 0. The number of carbonyl (C=O) groups excluding carboxylic acids is 2. The molecule has 0 aliphatic rings. The second-order valence-corrected chi connectivity index (χ2v) is 4.91. The van der Waals surface area contributed by atoms with E-state index in [4.69, 9.17) is 4.74 Å². The highest BCUT2D eigenvalue weighted by atomic mass is 16.5. The lowest BCUT2D eigenvalue weighted by Crippen LogP contribution is -2.29. The molecule has 5 heteroatoms. The van der Waals surface area contributed by atoms with Gasteiger partial charge in [0, 0.05) is 32.0 Å². The molecule has 1 aromatic heterocycles. The summed E-state index contributed by atoms with van der Waals surface area (Å²) in [6, 6.07) is 12.5. The first-order valence-electron chi connectivity index (χ1n) is 7.23. The van der Waals surface area contributed by atoms with E-state index >= 15 is 0 Å². The van der Waals surface area contributed by atoms with E-state index in [0.717, 1.165) is 6.42 Å². The van der Waals surface area contributed by atoms with Gasteiger partial charge in [0.05, 0.1) is 5.69 Å². The van der Waals surface area contributed by atoms with Crippen LogP contribution in [0.5, 0.6) is 0 Å². The van der Waals surface area contributed by atoms with Crippen molar-refractivity contribution in [2.75, 3.05) is 20.3 Å². The highest BCUT2D eigenvalue weighted by molar-refractivity contribution is 6.08. The van der Waals surface area contributed by atoms with E-state index in [9.17, 15) is 9.59 Å². The average Bonchev–Trinajstić information content (AvgIpc) is 2.99. The minimum Gasteiger partial charge on any atom is -0.385 e. The first-order valence-corrected chi connectivity index (χ1v) is 7.23. The van der Waals surface area contributed by atoms with Crippen molar-refractivity contribution in [1.82, 2.24) is 9.88 Å². The van der Waals surface area contributed by atoms with Gasteiger partial charge in [0.2, 0.25) is 11.7 Å². The van der Waals surface area contributed by atoms with Gasteiger partial charge in [0.15, 0.2) is 0 Å². The topological polar surface area (TPSA) is 60.3 Å². The summed E-state index contributed by atoms with van der Waals surface area (Å²) in [4.78, 5) is 24.3. The SMILES string of the molecule is COCCCNC(=O)Cn1cccc1C(=O)c1ccccc1. The van der Waals surface area contributed by atoms with Crippen LogP contribution in [0.2, 0.25) is 0 Å². The van der Waals surface area contributed by atoms with Crippen LogP contribution >= 0.6 is 0 Å². The van der Waals surface area contributed by atoms with Gasteiger partial charge >= 0.3 is 0 Å². The molecule has 5 nitrogen and oxygen atoms in total. The largest absolute Gasteiger partial charge is 0.385 e. The fourth-order valence-electron chi connectivity index (χ4n) is 2.15. The number of nitrogens with one attached hydrogen (secondary N) is 1. The van der Waals surface area contributed by atoms with Gasteiger partial charge in [-0.25, -0.2) is 0 Å². The first kappa shape index (κ1) is 16.0. The fourth-order valence-corrected chi connectivity index (χ4v) is 2.15. The second kappa shape index (κ2) is 8.14. The molecule has 0 fully saturated rings. The van der Waals surface area contributed by atoms with Gasteiger partial charge in [-0.1, -0.05) is 30.3 Å². The summed E-state index contributed by atoms with van der Waals surface area (Å²) in [5.74, 6) is -0.202. The van der Waals surface area contributed by atoms with E-state index in [0.29, 0.717) is 24.4 Å². The standard InChI is InChI=1S/C17H20N2O3/c1-22-12-6-10-18-16(20)13-19-11-5-9-15(19)17(21)14-7-3-2-4-8-14/h2-5,7-9,11H,6,10,12-13H2,1H3,(H,18,20). The van der Waals surface area contributed by atoms with Crippen LogP contribution in [0.4, 0.5) is 0 Å². The van der Waals surface area contributed by atoms with Crippen molar-refractivity contribution in [3.8, 4) is 0 Å². The molecule has 1 aromatic carbocycles. The third kappa shape index (κ3) is 4.30. The molecule has 1 amide bonds. The minimum absolute atomic E-state index is 0.0854. The molecule has 0 saturated carbocycles. The van der Waals surface area contributed by atoms with Gasteiger partial charge < -0.3 is 14.6 Å². The van der Waals surface area contributed by atoms with Gasteiger partial charge in [-0.15, -0.1) is 0 Å². The van der Waals surface area contributed by atoms with Crippen LogP contribution in [0.3, 0.4) is 0 Å². The number of hydrogen-bond acceptors (Lipinski definition) is 3. The van der Waals surface area contributed by atoms with Crippen LogP contribution in [0.25, 0.3) is 0 Å². The summed E-state index contributed by atoms with van der Waals surface area (Å²) in [5, 5.41) is 2.81. The van der Waals surface area contributed by atoms with Crippen molar-refractivity contribution in [2.45, 2.75) is 13.0 Å². The molecular weight excluding hydrogens is 280 g/mol. The summed E-state index contributed by atoms with van der Waals surface area (Å²) in [6.07, 6.45) is 2.51. The number of nitrogens with zero attached hydrogens (tertiary/aromatic N) is 1. The Bertz CT molecular complexity index is 620. The maximum atomic E-state index is 12.4. The summed E-state index contributed by atoms with van der Waals surface area (Å²) in [7, 11) is 1.63. The van der Waals surface area contributed by atoms with Crippen LogP contribution in [-0.4, -0.2) is 36.5 Å². The first-order chi connectivity index (χ1) is 10.7. The molecule has 1 heterocycles. The monoisotopic (exact) mass is 300 g/mol. The van der Waals surface area contributed by atoms with E-state index in [-0.39, 0.29) is 18.2 Å². The molecule has 1 N–H and O–H groups in total. The van der Waals surface area contributed by atoms with Gasteiger partial charge in [-0.05, 0) is 18.6 Å². The normalized spacial score (nSPS) is 10.4. The maximum absolute atomic E-state index is 12.4. The Hall–Kier alpha value is -2.40. The highest BCUT2D eigenvalue weighted by Crippen LogP contribution is 2.10. The van der Waals surface area contributed by atoms with Crippen molar-refractivity contribution in [3.63, 3.8) is 0 Å². The molecule has 0 aliphatic carbocycles.